The van der Waals surface area contributed by atoms with Crippen LogP contribution in [0.1, 0.15) is 98.4 Å². The van der Waals surface area contributed by atoms with Crippen molar-refractivity contribution in [3.63, 3.8) is 0 Å². The van der Waals surface area contributed by atoms with Crippen molar-refractivity contribution in [3.8, 4) is 5.75 Å². The van der Waals surface area contributed by atoms with Gasteiger partial charge in [0.25, 0.3) is 5.91 Å². The van der Waals surface area contributed by atoms with E-state index in [1.54, 1.807) is 45.9 Å². The molecule has 12 nitrogen and oxygen atoms in total. The molecule has 4 N–H and O–H groups in total. The molecule has 1 aromatic rings. The number of benzene rings is 1. The fourth-order valence-electron chi connectivity index (χ4n) is 5.98. The summed E-state index contributed by atoms with van der Waals surface area (Å²) >= 11 is 0. The number of aliphatic hydroxyl groups excluding tert-OH is 1. The van der Waals surface area contributed by atoms with Gasteiger partial charge in [-0.25, -0.2) is 4.79 Å². The maximum absolute atomic E-state index is 13.5. The second-order valence-electron chi connectivity index (χ2n) is 15.2. The summed E-state index contributed by atoms with van der Waals surface area (Å²) < 4.78 is 11.6. The number of aliphatic hydroxyl groups is 1. The largest absolute Gasteiger partial charge is 0.491 e. The highest BCUT2D eigenvalue weighted by Gasteiger charge is 2.33. The van der Waals surface area contributed by atoms with Crippen molar-refractivity contribution in [2.75, 3.05) is 52.4 Å². The Morgan fingerprint density at radius 1 is 0.940 bits per heavy atom. The normalized spacial score (nSPS) is 16.4. The number of piperazine rings is 1. The van der Waals surface area contributed by atoms with E-state index in [0.29, 0.717) is 57.1 Å². The number of para-hydroxylation sites is 1. The highest BCUT2D eigenvalue weighted by molar-refractivity contribution is 5.96. The van der Waals surface area contributed by atoms with Crippen LogP contribution in [0.15, 0.2) is 24.3 Å². The van der Waals surface area contributed by atoms with E-state index >= 15 is 0 Å². The Hall–Kier alpha value is -3.38. The molecule has 0 bridgehead atoms. The van der Waals surface area contributed by atoms with Crippen molar-refractivity contribution >= 4 is 23.8 Å². The summed E-state index contributed by atoms with van der Waals surface area (Å²) in [4.78, 5) is 55.2. The van der Waals surface area contributed by atoms with Crippen LogP contribution in [0, 0.1) is 23.7 Å². The van der Waals surface area contributed by atoms with E-state index in [1.165, 1.54) is 0 Å². The summed E-state index contributed by atoms with van der Waals surface area (Å²) in [5.74, 6) is -0.282. The van der Waals surface area contributed by atoms with E-state index in [4.69, 9.17) is 9.47 Å². The van der Waals surface area contributed by atoms with Gasteiger partial charge in [-0.05, 0) is 69.9 Å². The van der Waals surface area contributed by atoms with Crippen LogP contribution in [0.3, 0.4) is 0 Å². The number of hydrogen-bond acceptors (Lipinski definition) is 8. The average Bonchev–Trinajstić information content (AvgIpc) is 3.04. The first-order valence-corrected chi connectivity index (χ1v) is 18.5. The Morgan fingerprint density at radius 2 is 1.60 bits per heavy atom. The minimum absolute atomic E-state index is 0.0205. The lowest BCUT2D eigenvalue weighted by Gasteiger charge is -2.34. The summed E-state index contributed by atoms with van der Waals surface area (Å²) in [6, 6.07) is 6.42. The number of nitrogens with zero attached hydrogens (tertiary/aromatic N) is 2. The molecule has 50 heavy (non-hydrogen) atoms. The second kappa shape index (κ2) is 21.1. The van der Waals surface area contributed by atoms with Crippen LogP contribution < -0.4 is 20.7 Å². The van der Waals surface area contributed by atoms with Gasteiger partial charge in [-0.1, -0.05) is 53.2 Å². The van der Waals surface area contributed by atoms with Crippen molar-refractivity contribution in [1.29, 1.82) is 0 Å². The molecular formula is C38H65N5O7. The Balaban J connectivity index is 2.11. The van der Waals surface area contributed by atoms with E-state index in [9.17, 15) is 24.3 Å². The highest BCUT2D eigenvalue weighted by Crippen LogP contribution is 2.25. The van der Waals surface area contributed by atoms with Gasteiger partial charge in [-0.2, -0.15) is 0 Å². The Bertz CT molecular complexity index is 1210. The molecule has 1 heterocycles. The van der Waals surface area contributed by atoms with Gasteiger partial charge in [0.05, 0.1) is 17.7 Å². The Morgan fingerprint density at radius 3 is 2.18 bits per heavy atom. The third kappa shape index (κ3) is 15.2. The zero-order valence-electron chi connectivity index (χ0n) is 32.0. The molecule has 1 aromatic carbocycles. The maximum atomic E-state index is 13.5. The topological polar surface area (TPSA) is 150 Å². The number of amides is 4. The lowest BCUT2D eigenvalue weighted by atomic mass is 9.82. The number of alkyl carbamates (subject to hydrolysis) is 1. The monoisotopic (exact) mass is 703 g/mol. The third-order valence-corrected chi connectivity index (χ3v) is 9.27. The van der Waals surface area contributed by atoms with Crippen molar-refractivity contribution in [2.24, 2.45) is 23.7 Å². The molecule has 4 unspecified atom stereocenters. The molecule has 12 heteroatoms. The molecule has 4 atom stereocenters. The Kier molecular flexibility index (Phi) is 18.0. The molecule has 0 aliphatic carbocycles. The minimum atomic E-state index is -1.02. The van der Waals surface area contributed by atoms with Crippen LogP contribution in [0.25, 0.3) is 0 Å². The van der Waals surface area contributed by atoms with Crippen LogP contribution in [0.4, 0.5) is 4.79 Å². The van der Waals surface area contributed by atoms with E-state index < -0.39 is 29.8 Å². The van der Waals surface area contributed by atoms with Gasteiger partial charge in [0, 0.05) is 58.7 Å². The molecule has 0 spiro atoms. The molecular weight excluding hydrogens is 638 g/mol. The summed E-state index contributed by atoms with van der Waals surface area (Å²) in [6.07, 6.45) is 0.697. The van der Waals surface area contributed by atoms with Gasteiger partial charge in [-0.15, -0.1) is 0 Å². The lowest BCUT2D eigenvalue weighted by Crippen LogP contribution is -2.49. The molecule has 284 valence electrons. The molecule has 1 aliphatic heterocycles. The predicted molar refractivity (Wildman–Crippen MR) is 196 cm³/mol. The Labute approximate surface area is 300 Å². The van der Waals surface area contributed by atoms with Gasteiger partial charge >= 0.3 is 6.09 Å². The molecule has 4 amide bonds. The summed E-state index contributed by atoms with van der Waals surface area (Å²) in [6.45, 7) is 21.9. The van der Waals surface area contributed by atoms with E-state index in [2.05, 4.69) is 27.8 Å². The van der Waals surface area contributed by atoms with Crippen LogP contribution in [-0.2, 0) is 14.3 Å². The molecule has 1 fully saturated rings. The van der Waals surface area contributed by atoms with Crippen molar-refractivity contribution < 1.29 is 33.8 Å². The molecule has 1 saturated heterocycles. The van der Waals surface area contributed by atoms with Gasteiger partial charge in [-0.3, -0.25) is 19.3 Å². The standard InChI is InChI=1S/C38H65N5O7/c1-10-11-16-39-36(47)31(27(4)5)24-33(45)32(41-37(48)50-38(7,8)9)23-29(26(2)3)25-40-35(46)30-14-12-13-15-34(30)49-22-21-42-17-19-43(20-18-42)28(6)44/h12-15,26-27,29,31-33,45H,10-11,16-25H2,1-9H3,(H,39,47)(H,40,46)(H,41,48). The third-order valence-electron chi connectivity index (χ3n) is 9.27. The van der Waals surface area contributed by atoms with E-state index in [0.717, 1.165) is 25.9 Å². The number of rotatable bonds is 19. The highest BCUT2D eigenvalue weighted by atomic mass is 16.6. The first kappa shape index (κ1) is 42.8. The number of nitrogens with one attached hydrogen (secondary N) is 3. The van der Waals surface area contributed by atoms with E-state index in [1.807, 2.05) is 38.7 Å². The lowest BCUT2D eigenvalue weighted by molar-refractivity contribution is -0.130. The molecule has 0 radical (unpaired) electrons. The summed E-state index contributed by atoms with van der Waals surface area (Å²) in [7, 11) is 0. The first-order chi connectivity index (χ1) is 23.5. The van der Waals surface area contributed by atoms with Gasteiger partial charge < -0.3 is 35.4 Å². The van der Waals surface area contributed by atoms with Crippen molar-refractivity contribution in [3.05, 3.63) is 29.8 Å². The average molecular weight is 704 g/mol. The molecule has 2 rings (SSSR count). The number of unbranched alkanes of at least 4 members (excludes halogenated alkanes) is 1. The van der Waals surface area contributed by atoms with Crippen LogP contribution in [0.2, 0.25) is 0 Å². The van der Waals surface area contributed by atoms with Crippen LogP contribution in [-0.4, -0.2) is 109 Å². The number of carbonyl (C=O) groups excluding carboxylic acids is 4. The molecule has 0 saturated carbocycles. The van der Waals surface area contributed by atoms with Crippen LogP contribution in [0.5, 0.6) is 5.75 Å². The quantitative estimate of drug-likeness (QED) is 0.155. The van der Waals surface area contributed by atoms with Crippen molar-refractivity contribution in [2.45, 2.75) is 106 Å². The zero-order valence-corrected chi connectivity index (χ0v) is 32.0. The van der Waals surface area contributed by atoms with E-state index in [-0.39, 0.29) is 41.9 Å². The summed E-state index contributed by atoms with van der Waals surface area (Å²) in [5.41, 5.74) is -0.307. The fourth-order valence-corrected chi connectivity index (χ4v) is 5.98. The van der Waals surface area contributed by atoms with Gasteiger partial charge in [0.15, 0.2) is 0 Å². The zero-order chi connectivity index (χ0) is 37.4. The smallest absolute Gasteiger partial charge is 0.407 e. The number of carbonyl (C=O) groups is 4. The van der Waals surface area contributed by atoms with Crippen LogP contribution >= 0.6 is 0 Å². The van der Waals surface area contributed by atoms with Gasteiger partial charge in [0.2, 0.25) is 11.8 Å². The van der Waals surface area contributed by atoms with Crippen molar-refractivity contribution in [1.82, 2.24) is 25.8 Å². The van der Waals surface area contributed by atoms with Gasteiger partial charge in [0.1, 0.15) is 18.0 Å². The molecule has 1 aliphatic rings. The molecule has 0 aromatic heterocycles. The summed E-state index contributed by atoms with van der Waals surface area (Å²) in [5, 5.41) is 20.5. The maximum Gasteiger partial charge on any atom is 0.407 e. The first-order valence-electron chi connectivity index (χ1n) is 18.5. The number of hydrogen-bond donors (Lipinski definition) is 4. The second-order valence-corrected chi connectivity index (χ2v) is 15.2. The fraction of sp³-hybridized carbons (Fsp3) is 0.737. The number of ether oxygens (including phenoxy) is 2. The SMILES string of the molecule is CCCCNC(=O)C(CC(O)C(CC(CNC(=O)c1ccccc1OCCN1CCN(C(C)=O)CC1)C(C)C)NC(=O)OC(C)(C)C)C(C)C. The minimum Gasteiger partial charge on any atom is -0.491 e. The predicted octanol–water partition coefficient (Wildman–Crippen LogP) is 4.45.